The van der Waals surface area contributed by atoms with E-state index >= 15 is 0 Å². The van der Waals surface area contributed by atoms with Crippen molar-refractivity contribution in [3.63, 3.8) is 0 Å². The van der Waals surface area contributed by atoms with E-state index < -0.39 is 21.7 Å². The van der Waals surface area contributed by atoms with Crippen LogP contribution < -0.4 is 4.72 Å². The Morgan fingerprint density at radius 3 is 2.25 bits per heavy atom. The first-order chi connectivity index (χ1) is 9.24. The first-order valence-corrected chi connectivity index (χ1v) is 7.05. The summed E-state index contributed by atoms with van der Waals surface area (Å²) in [6, 6.07) is 0. The van der Waals surface area contributed by atoms with Crippen molar-refractivity contribution < 1.29 is 18.3 Å². The molecule has 0 saturated carbocycles. The number of sulfonamides is 1. The lowest BCUT2D eigenvalue weighted by Crippen LogP contribution is -2.17. The fourth-order valence-electron chi connectivity index (χ4n) is 1.78. The van der Waals surface area contributed by atoms with Gasteiger partial charge in [-0.05, 0) is 20.8 Å². The summed E-state index contributed by atoms with van der Waals surface area (Å²) in [7, 11) is -4.08. The van der Waals surface area contributed by atoms with E-state index in [2.05, 4.69) is 25.1 Å². The molecular weight excluding hydrogens is 286 g/mol. The minimum Gasteiger partial charge on any atom is -0.476 e. The Hall–Kier alpha value is -2.36. The van der Waals surface area contributed by atoms with Crippen molar-refractivity contribution in [1.29, 1.82) is 0 Å². The summed E-state index contributed by atoms with van der Waals surface area (Å²) in [6.45, 7) is 4.71. The molecule has 0 aliphatic carbocycles. The molecule has 2 aromatic heterocycles. The van der Waals surface area contributed by atoms with Crippen molar-refractivity contribution in [3.8, 4) is 0 Å². The van der Waals surface area contributed by atoms with E-state index in [0.29, 0.717) is 17.1 Å². The minimum absolute atomic E-state index is 0.147. The molecule has 10 heteroatoms. The third-order valence-corrected chi connectivity index (χ3v) is 4.24. The number of hydrogen-bond donors (Lipinski definition) is 4. The summed E-state index contributed by atoms with van der Waals surface area (Å²) in [5.41, 5.74) is 0.887. The van der Waals surface area contributed by atoms with Crippen molar-refractivity contribution in [2.45, 2.75) is 25.7 Å². The number of nitrogens with one attached hydrogen (secondary N) is 3. The molecular formula is C10H13N5O4S. The van der Waals surface area contributed by atoms with Crippen LogP contribution in [-0.4, -0.2) is 39.9 Å². The van der Waals surface area contributed by atoms with Crippen molar-refractivity contribution >= 4 is 21.7 Å². The number of nitrogens with zero attached hydrogens (tertiary/aromatic N) is 2. The molecule has 0 aliphatic rings. The van der Waals surface area contributed by atoms with Crippen LogP contribution in [0.2, 0.25) is 0 Å². The number of carboxylic acid groups (broad SMARTS) is 1. The maximum Gasteiger partial charge on any atom is 0.357 e. The van der Waals surface area contributed by atoms with Gasteiger partial charge in [-0.25, -0.2) is 13.2 Å². The second-order valence-electron chi connectivity index (χ2n) is 4.25. The third-order valence-electron chi connectivity index (χ3n) is 2.73. The van der Waals surface area contributed by atoms with Crippen LogP contribution in [0.3, 0.4) is 0 Å². The van der Waals surface area contributed by atoms with Gasteiger partial charge in [0, 0.05) is 0 Å². The Morgan fingerprint density at radius 2 is 1.75 bits per heavy atom. The maximum absolute atomic E-state index is 12.3. The van der Waals surface area contributed by atoms with Crippen molar-refractivity contribution in [3.05, 3.63) is 22.8 Å². The van der Waals surface area contributed by atoms with Crippen LogP contribution in [0.15, 0.2) is 4.90 Å². The average Bonchev–Trinajstić information content (AvgIpc) is 2.87. The number of rotatable bonds is 4. The number of H-pyrrole nitrogens is 2. The molecule has 4 N–H and O–H groups in total. The van der Waals surface area contributed by atoms with Gasteiger partial charge in [-0.1, -0.05) is 0 Å². The lowest BCUT2D eigenvalue weighted by atomic mass is 10.3. The summed E-state index contributed by atoms with van der Waals surface area (Å²) in [4.78, 5) is 10.6. The highest BCUT2D eigenvalue weighted by Gasteiger charge is 2.29. The Balaban J connectivity index is 2.52. The SMILES string of the molecule is Cc1n[nH]c(C)c1NS(=O)(=O)c1c(C(=O)O)n[nH]c1C. The summed E-state index contributed by atoms with van der Waals surface area (Å²) >= 11 is 0. The van der Waals surface area contributed by atoms with Gasteiger partial charge in [-0.3, -0.25) is 14.9 Å². The molecule has 0 amide bonds. The molecule has 0 unspecified atom stereocenters. The number of anilines is 1. The zero-order valence-corrected chi connectivity index (χ0v) is 11.8. The molecule has 0 spiro atoms. The standard InChI is InChI=1S/C10H13N5O4S/c1-4-7(5(2)12-11-4)15-20(18,19)9-6(3)13-14-8(9)10(16)17/h15H,1-3H3,(H,11,12)(H,13,14)(H,16,17). The van der Waals surface area contributed by atoms with Crippen LogP contribution in [0.1, 0.15) is 27.6 Å². The van der Waals surface area contributed by atoms with E-state index in [4.69, 9.17) is 5.11 Å². The Labute approximate surface area is 114 Å². The second kappa shape index (κ2) is 4.63. The third kappa shape index (κ3) is 2.25. The average molecular weight is 299 g/mol. The molecule has 2 aromatic rings. The van der Waals surface area contributed by atoms with Crippen LogP contribution in [0.5, 0.6) is 0 Å². The van der Waals surface area contributed by atoms with Crippen LogP contribution in [0.25, 0.3) is 0 Å². The molecule has 0 aliphatic heterocycles. The van der Waals surface area contributed by atoms with E-state index in [1.54, 1.807) is 13.8 Å². The van der Waals surface area contributed by atoms with Crippen LogP contribution in [0, 0.1) is 20.8 Å². The van der Waals surface area contributed by atoms with Gasteiger partial charge in [0.2, 0.25) is 0 Å². The summed E-state index contributed by atoms with van der Waals surface area (Å²) in [5, 5.41) is 21.3. The van der Waals surface area contributed by atoms with Gasteiger partial charge in [0.05, 0.1) is 22.8 Å². The highest BCUT2D eigenvalue weighted by Crippen LogP contribution is 2.24. The Bertz CT molecular complexity index is 754. The predicted molar refractivity (Wildman–Crippen MR) is 69.2 cm³/mol. The molecule has 0 bridgehead atoms. The first kappa shape index (κ1) is 14.1. The Morgan fingerprint density at radius 1 is 1.15 bits per heavy atom. The maximum atomic E-state index is 12.3. The molecule has 0 saturated heterocycles. The van der Waals surface area contributed by atoms with E-state index in [1.165, 1.54) is 6.92 Å². The van der Waals surface area contributed by atoms with Gasteiger partial charge in [-0.2, -0.15) is 10.2 Å². The van der Waals surface area contributed by atoms with Crippen molar-refractivity contribution in [2.75, 3.05) is 4.72 Å². The summed E-state index contributed by atoms with van der Waals surface area (Å²) < 4.78 is 27.0. The molecule has 108 valence electrons. The molecule has 0 fully saturated rings. The van der Waals surface area contributed by atoms with Gasteiger partial charge in [0.25, 0.3) is 10.0 Å². The van der Waals surface area contributed by atoms with E-state index in [1.807, 2.05) is 0 Å². The highest BCUT2D eigenvalue weighted by atomic mass is 32.2. The highest BCUT2D eigenvalue weighted by molar-refractivity contribution is 7.92. The van der Waals surface area contributed by atoms with Crippen molar-refractivity contribution in [2.24, 2.45) is 0 Å². The fraction of sp³-hybridized carbons (Fsp3) is 0.300. The Kier molecular flexibility index (Phi) is 3.26. The smallest absolute Gasteiger partial charge is 0.357 e. The van der Waals surface area contributed by atoms with Gasteiger partial charge in [-0.15, -0.1) is 0 Å². The number of aromatic carboxylic acids is 1. The van der Waals surface area contributed by atoms with Crippen LogP contribution in [-0.2, 0) is 10.0 Å². The number of carbonyl (C=O) groups is 1. The number of hydrogen-bond acceptors (Lipinski definition) is 5. The normalized spacial score (nSPS) is 11.6. The molecule has 0 aromatic carbocycles. The number of aromatic amines is 2. The zero-order chi connectivity index (χ0) is 15.1. The minimum atomic E-state index is -4.08. The van der Waals surface area contributed by atoms with Crippen LogP contribution >= 0.6 is 0 Å². The monoisotopic (exact) mass is 299 g/mol. The summed E-state index contributed by atoms with van der Waals surface area (Å²) in [5.74, 6) is -1.42. The van der Waals surface area contributed by atoms with Gasteiger partial charge in [0.15, 0.2) is 5.69 Å². The molecule has 2 heterocycles. The zero-order valence-electron chi connectivity index (χ0n) is 11.0. The van der Waals surface area contributed by atoms with E-state index in [-0.39, 0.29) is 10.6 Å². The molecule has 9 nitrogen and oxygen atoms in total. The number of carboxylic acids is 1. The van der Waals surface area contributed by atoms with Gasteiger partial charge in [0.1, 0.15) is 4.90 Å². The number of aryl methyl sites for hydroxylation is 3. The van der Waals surface area contributed by atoms with Gasteiger partial charge >= 0.3 is 5.97 Å². The van der Waals surface area contributed by atoms with Gasteiger partial charge < -0.3 is 5.11 Å². The molecule has 2 rings (SSSR count). The lowest BCUT2D eigenvalue weighted by molar-refractivity contribution is 0.0686. The summed E-state index contributed by atoms with van der Waals surface area (Å²) in [6.07, 6.45) is 0. The molecule has 20 heavy (non-hydrogen) atoms. The van der Waals surface area contributed by atoms with Crippen LogP contribution in [0.4, 0.5) is 5.69 Å². The van der Waals surface area contributed by atoms with E-state index in [0.717, 1.165) is 0 Å². The predicted octanol–water partition coefficient (Wildman–Crippen LogP) is 0.557. The fourth-order valence-corrected chi connectivity index (χ4v) is 3.29. The van der Waals surface area contributed by atoms with E-state index in [9.17, 15) is 13.2 Å². The molecule has 0 atom stereocenters. The molecule has 0 radical (unpaired) electrons. The number of aromatic nitrogens is 4. The van der Waals surface area contributed by atoms with Crippen molar-refractivity contribution in [1.82, 2.24) is 20.4 Å². The first-order valence-electron chi connectivity index (χ1n) is 5.56. The quantitative estimate of drug-likeness (QED) is 0.650. The topological polar surface area (TPSA) is 141 Å². The second-order valence-corrected chi connectivity index (χ2v) is 5.87. The lowest BCUT2D eigenvalue weighted by Gasteiger charge is -2.08. The largest absolute Gasteiger partial charge is 0.476 e.